The number of nitro benzene ring substituents is 1. The van der Waals surface area contributed by atoms with Crippen LogP contribution < -0.4 is 24.6 Å². The molecule has 0 unspecified atom stereocenters. The molecule has 1 atom stereocenters. The molecule has 3 fully saturated rings. The zero-order valence-corrected chi connectivity index (χ0v) is 37.8. The number of fused-ring (bicyclic) bond motifs is 2. The number of nitrogens with zero attached hydrogens (tertiary/aromatic N) is 5. The molecule has 0 radical (unpaired) electrons. The summed E-state index contributed by atoms with van der Waals surface area (Å²) in [6, 6.07) is 18.7. The van der Waals surface area contributed by atoms with Gasteiger partial charge in [0.25, 0.3) is 21.6 Å². The second-order valence-corrected chi connectivity index (χ2v) is 19.9. The Kier molecular flexibility index (Phi) is 12.1. The minimum atomic E-state index is -4.85. The molecule has 3 aliphatic heterocycles. The minimum absolute atomic E-state index is 0.00846. The summed E-state index contributed by atoms with van der Waals surface area (Å²) in [5.41, 5.74) is 5.77. The lowest BCUT2D eigenvalue weighted by Crippen LogP contribution is -2.47. The third-order valence-corrected chi connectivity index (χ3v) is 15.3. The van der Waals surface area contributed by atoms with E-state index < -0.39 is 49.0 Å². The smallest absolute Gasteiger partial charge is 0.296 e. The van der Waals surface area contributed by atoms with Crippen LogP contribution in [0.2, 0.25) is 5.02 Å². The van der Waals surface area contributed by atoms with Gasteiger partial charge in [0.15, 0.2) is 5.82 Å². The fourth-order valence-corrected chi connectivity index (χ4v) is 11.1. The number of aromatic nitrogens is 2. The maximum absolute atomic E-state index is 15.6. The highest BCUT2D eigenvalue weighted by Gasteiger charge is 2.41. The van der Waals surface area contributed by atoms with Crippen LogP contribution in [0.5, 0.6) is 5.88 Å². The zero-order valence-electron chi connectivity index (χ0n) is 36.2. The van der Waals surface area contributed by atoms with Gasteiger partial charge in [-0.05, 0) is 97.2 Å². The first-order chi connectivity index (χ1) is 31.9. The van der Waals surface area contributed by atoms with Crippen molar-refractivity contribution in [3.05, 3.63) is 111 Å². The van der Waals surface area contributed by atoms with E-state index in [9.17, 15) is 23.3 Å². The maximum Gasteiger partial charge on any atom is 0.296 e. The SMILES string of the molecule is O=C(NS(=O)(=O)c1cc(F)c(NC[C@H]2COCCO2)c([N+](=O)[O-])c1)c1ccc(N2CCN(CC3=C(c4ccc(Cl)cc4)CC4(CCC4)CC3)CC2)cc1N1CCOc2nc3[nH]ccc3cc21. The van der Waals surface area contributed by atoms with Crippen molar-refractivity contribution in [1.82, 2.24) is 19.6 Å². The number of pyridine rings is 1. The molecule has 0 bridgehead atoms. The Morgan fingerprint density at radius 2 is 1.80 bits per heavy atom. The number of hydrogen-bond acceptors (Lipinski definition) is 13. The number of aromatic amines is 1. The van der Waals surface area contributed by atoms with Crippen LogP contribution in [0.4, 0.5) is 32.8 Å². The van der Waals surface area contributed by atoms with Crippen LogP contribution in [0.25, 0.3) is 16.6 Å². The first kappa shape index (κ1) is 44.1. The average Bonchev–Trinajstić information content (AvgIpc) is 3.77. The van der Waals surface area contributed by atoms with Crippen LogP contribution in [0, 0.1) is 21.3 Å². The van der Waals surface area contributed by atoms with Gasteiger partial charge in [0.05, 0.1) is 53.5 Å². The zero-order chi connectivity index (χ0) is 45.6. The topological polar surface area (TPSA) is 185 Å². The Labute approximate surface area is 386 Å². The van der Waals surface area contributed by atoms with Crippen molar-refractivity contribution in [3.8, 4) is 5.88 Å². The van der Waals surface area contributed by atoms with Gasteiger partial charge < -0.3 is 34.3 Å². The number of benzene rings is 3. The molecular formula is C47H50ClFN8O8S. The summed E-state index contributed by atoms with van der Waals surface area (Å²) < 4.78 is 62.3. The standard InChI is InChI=1S/C47H50ClFN8O8S/c48-33-4-2-30(3-5-33)38-26-47(10-1-11-47)12-8-32(38)28-54-14-16-55(17-15-54)34-6-7-37(40(23-34)56-18-19-65-46-42(56)22-31-9-13-50-44(31)52-46)45(58)53-66(61,62)36-24-39(49)43(41(25-36)57(59)60)51-27-35-29-63-20-21-64-35/h2-7,9,13,22-25,35,51H,1,8,10-12,14-21,26-29H2,(H,50,52)(H,53,58)/t35-/m0/s1. The van der Waals surface area contributed by atoms with Gasteiger partial charge in [-0.15, -0.1) is 0 Å². The number of carbonyl (C=O) groups is 1. The molecule has 5 aliphatic rings. The molecule has 3 N–H and O–H groups in total. The lowest BCUT2D eigenvalue weighted by Gasteiger charge is -2.47. The fraction of sp³-hybridized carbons (Fsp3) is 0.404. The van der Waals surface area contributed by atoms with Crippen LogP contribution in [-0.2, 0) is 19.5 Å². The monoisotopic (exact) mass is 940 g/mol. The Morgan fingerprint density at radius 3 is 2.55 bits per heavy atom. The molecule has 1 amide bonds. The Hall–Kier alpha value is -5.79. The summed E-state index contributed by atoms with van der Waals surface area (Å²) in [6.07, 6.45) is 8.59. The van der Waals surface area contributed by atoms with Crippen LogP contribution in [-0.4, -0.2) is 112 Å². The number of rotatable bonds is 12. The predicted octanol–water partition coefficient (Wildman–Crippen LogP) is 7.67. The molecule has 5 heterocycles. The molecule has 16 nitrogen and oxygen atoms in total. The average molecular weight is 941 g/mol. The number of hydrogen-bond donors (Lipinski definition) is 3. The fourth-order valence-electron chi connectivity index (χ4n) is 9.96. The minimum Gasteiger partial charge on any atom is -0.474 e. The van der Waals surface area contributed by atoms with Crippen molar-refractivity contribution < 1.29 is 36.7 Å². The van der Waals surface area contributed by atoms with Gasteiger partial charge in [-0.2, -0.15) is 4.98 Å². The number of halogens is 2. The number of allylic oxidation sites excluding steroid dienone is 1. The number of sulfonamides is 1. The van der Waals surface area contributed by atoms with Crippen molar-refractivity contribution in [1.29, 1.82) is 0 Å². The van der Waals surface area contributed by atoms with Gasteiger partial charge >= 0.3 is 0 Å². The van der Waals surface area contributed by atoms with E-state index in [0.29, 0.717) is 54.1 Å². The predicted molar refractivity (Wildman–Crippen MR) is 249 cm³/mol. The van der Waals surface area contributed by atoms with Gasteiger partial charge in [-0.3, -0.25) is 19.8 Å². The van der Waals surface area contributed by atoms with E-state index >= 15 is 4.39 Å². The summed E-state index contributed by atoms with van der Waals surface area (Å²) in [7, 11) is -4.85. The molecular weight excluding hydrogens is 891 g/mol. The third kappa shape index (κ3) is 8.91. The van der Waals surface area contributed by atoms with Crippen molar-refractivity contribution in [2.24, 2.45) is 5.41 Å². The van der Waals surface area contributed by atoms with Crippen LogP contribution in [0.15, 0.2) is 83.4 Å². The van der Waals surface area contributed by atoms with Crippen molar-refractivity contribution in [3.63, 3.8) is 0 Å². The van der Waals surface area contributed by atoms with Gasteiger partial charge in [0, 0.05) is 67.6 Å². The highest BCUT2D eigenvalue weighted by atomic mass is 35.5. The number of piperazine rings is 1. The van der Waals surface area contributed by atoms with Crippen molar-refractivity contribution >= 4 is 72.6 Å². The second-order valence-electron chi connectivity index (χ2n) is 17.8. The van der Waals surface area contributed by atoms with E-state index in [1.807, 2.05) is 35.2 Å². The van der Waals surface area contributed by atoms with Gasteiger partial charge in [-0.25, -0.2) is 17.5 Å². The normalized spacial score (nSPS) is 19.9. The Balaban J connectivity index is 0.915. The van der Waals surface area contributed by atoms with Gasteiger partial charge in [0.1, 0.15) is 23.6 Å². The van der Waals surface area contributed by atoms with Crippen molar-refractivity contribution in [2.45, 2.75) is 49.5 Å². The van der Waals surface area contributed by atoms with Gasteiger partial charge in [-0.1, -0.05) is 35.7 Å². The Bertz CT molecular complexity index is 2820. The summed E-state index contributed by atoms with van der Waals surface area (Å²) in [6.45, 7) is 5.39. The lowest BCUT2D eigenvalue weighted by atomic mass is 9.59. The number of H-pyrrole nitrogens is 1. The lowest BCUT2D eigenvalue weighted by molar-refractivity contribution is -0.384. The molecule has 1 spiro atoms. The summed E-state index contributed by atoms with van der Waals surface area (Å²) in [4.78, 5) is 39.2. The molecule has 2 saturated heterocycles. The molecule has 5 aromatic rings. The molecule has 2 aliphatic carbocycles. The molecule has 1 saturated carbocycles. The largest absolute Gasteiger partial charge is 0.474 e. The maximum atomic E-state index is 15.6. The van der Waals surface area contributed by atoms with Gasteiger partial charge in [0.2, 0.25) is 5.88 Å². The number of nitrogens with one attached hydrogen (secondary N) is 3. The highest BCUT2D eigenvalue weighted by molar-refractivity contribution is 7.90. The molecule has 2 aromatic heterocycles. The number of amides is 1. The van der Waals surface area contributed by atoms with E-state index in [0.717, 1.165) is 67.7 Å². The molecule has 10 rings (SSSR count). The van der Waals surface area contributed by atoms with Crippen molar-refractivity contribution in [2.75, 3.05) is 87.4 Å². The molecule has 66 heavy (non-hydrogen) atoms. The van der Waals surface area contributed by atoms with E-state index in [2.05, 4.69) is 41.9 Å². The number of carbonyl (C=O) groups excluding carboxylic acids is 1. The van der Waals surface area contributed by atoms with Crippen LogP contribution >= 0.6 is 11.6 Å². The van der Waals surface area contributed by atoms with E-state index in [1.54, 1.807) is 18.3 Å². The highest BCUT2D eigenvalue weighted by Crippen LogP contribution is 2.55. The molecule has 3 aromatic carbocycles. The first-order valence-corrected chi connectivity index (χ1v) is 24.2. The van der Waals surface area contributed by atoms with Crippen LogP contribution in [0.3, 0.4) is 0 Å². The Morgan fingerprint density at radius 1 is 0.985 bits per heavy atom. The van der Waals surface area contributed by atoms with Crippen LogP contribution in [0.1, 0.15) is 54.4 Å². The first-order valence-electron chi connectivity index (χ1n) is 22.4. The summed E-state index contributed by atoms with van der Waals surface area (Å²) >= 11 is 6.29. The number of anilines is 4. The number of nitro groups is 1. The summed E-state index contributed by atoms with van der Waals surface area (Å²) in [5.74, 6) is -1.86. The quantitative estimate of drug-likeness (QED) is 0.0819. The second kappa shape index (κ2) is 18.1. The molecule has 346 valence electrons. The molecule has 19 heteroatoms. The third-order valence-electron chi connectivity index (χ3n) is 13.7. The number of ether oxygens (including phenoxy) is 3. The summed E-state index contributed by atoms with van der Waals surface area (Å²) in [5, 5.41) is 16.3. The van der Waals surface area contributed by atoms with E-state index in [-0.39, 0.29) is 25.3 Å². The van der Waals surface area contributed by atoms with E-state index in [1.165, 1.54) is 42.4 Å². The van der Waals surface area contributed by atoms with E-state index in [4.69, 9.17) is 25.8 Å².